The fourth-order valence-corrected chi connectivity index (χ4v) is 2.85. The molecule has 0 heterocycles. The second kappa shape index (κ2) is 11.0. The molecule has 28 heavy (non-hydrogen) atoms. The Hall–Kier alpha value is -2.95. The molecule has 0 unspecified atom stereocenters. The van der Waals surface area contributed by atoms with Crippen molar-refractivity contribution >= 4 is 17.6 Å². The third kappa shape index (κ3) is 6.05. The molecule has 0 radical (unpaired) electrons. The Morgan fingerprint density at radius 1 is 1.00 bits per heavy atom. The van der Waals surface area contributed by atoms with E-state index < -0.39 is 5.97 Å². The predicted molar refractivity (Wildman–Crippen MR) is 111 cm³/mol. The smallest absolute Gasteiger partial charge is 0.336 e. The van der Waals surface area contributed by atoms with E-state index in [9.17, 15) is 9.90 Å². The lowest BCUT2D eigenvalue weighted by Crippen LogP contribution is -2.01. The van der Waals surface area contributed by atoms with Crippen LogP contribution in [-0.4, -0.2) is 31.9 Å². The van der Waals surface area contributed by atoms with Crippen molar-refractivity contribution in [1.82, 2.24) is 0 Å². The van der Waals surface area contributed by atoms with Gasteiger partial charge < -0.3 is 19.3 Å². The summed E-state index contributed by atoms with van der Waals surface area (Å²) in [4.78, 5) is 11.8. The van der Waals surface area contributed by atoms with Crippen molar-refractivity contribution in [3.63, 3.8) is 0 Å². The number of carbonyl (C=O) groups is 1. The molecule has 2 rings (SSSR count). The second-order valence-corrected chi connectivity index (χ2v) is 6.41. The summed E-state index contributed by atoms with van der Waals surface area (Å²) in [5.74, 6) is 0.756. The first kappa shape index (κ1) is 21.4. The molecule has 5 nitrogen and oxygen atoms in total. The van der Waals surface area contributed by atoms with Crippen molar-refractivity contribution < 1.29 is 24.1 Å². The van der Waals surface area contributed by atoms with Crippen LogP contribution in [0, 0.1) is 0 Å². The Balaban J connectivity index is 2.22. The van der Waals surface area contributed by atoms with Gasteiger partial charge in [0.2, 0.25) is 0 Å². The first-order valence-corrected chi connectivity index (χ1v) is 9.49. The van der Waals surface area contributed by atoms with Crippen LogP contribution in [0.1, 0.15) is 43.7 Å². The van der Waals surface area contributed by atoms with Crippen molar-refractivity contribution in [1.29, 1.82) is 0 Å². The summed E-state index contributed by atoms with van der Waals surface area (Å²) >= 11 is 0. The first-order chi connectivity index (χ1) is 13.6. The van der Waals surface area contributed by atoms with Crippen LogP contribution in [-0.2, 0) is 4.79 Å². The molecule has 150 valence electrons. The fourth-order valence-electron chi connectivity index (χ4n) is 2.85. The number of carboxylic acids is 1. The van der Waals surface area contributed by atoms with Gasteiger partial charge in [0.15, 0.2) is 11.5 Å². The van der Waals surface area contributed by atoms with Gasteiger partial charge in [-0.2, -0.15) is 0 Å². The van der Waals surface area contributed by atoms with E-state index in [1.54, 1.807) is 31.4 Å². The van der Waals surface area contributed by atoms with Gasteiger partial charge in [-0.15, -0.1) is 0 Å². The summed E-state index contributed by atoms with van der Waals surface area (Å²) in [6.45, 7) is 2.84. The van der Waals surface area contributed by atoms with Gasteiger partial charge >= 0.3 is 5.97 Å². The molecular weight excluding hydrogens is 356 g/mol. The highest BCUT2D eigenvalue weighted by Crippen LogP contribution is 2.31. The van der Waals surface area contributed by atoms with Gasteiger partial charge in [-0.05, 0) is 47.9 Å². The van der Waals surface area contributed by atoms with Crippen LogP contribution in [0.4, 0.5) is 0 Å². The number of hydrogen-bond donors (Lipinski definition) is 1. The Morgan fingerprint density at radius 2 is 1.79 bits per heavy atom. The van der Waals surface area contributed by atoms with Gasteiger partial charge in [-0.3, -0.25) is 0 Å². The normalized spacial score (nSPS) is 11.2. The lowest BCUT2D eigenvalue weighted by Gasteiger charge is -2.11. The number of aliphatic carboxylic acids is 1. The maximum Gasteiger partial charge on any atom is 0.336 e. The Morgan fingerprint density at radius 3 is 2.46 bits per heavy atom. The number of ether oxygens (including phenoxy) is 3. The van der Waals surface area contributed by atoms with Crippen LogP contribution in [0.3, 0.4) is 0 Å². The molecule has 0 bridgehead atoms. The quantitative estimate of drug-likeness (QED) is 0.324. The average Bonchev–Trinajstić information content (AvgIpc) is 2.71. The number of rotatable bonds is 11. The molecule has 2 aromatic carbocycles. The molecule has 0 aromatic heterocycles. The van der Waals surface area contributed by atoms with Crippen LogP contribution in [0.5, 0.6) is 17.2 Å². The molecule has 0 aliphatic carbocycles. The predicted octanol–water partition coefficient (Wildman–Crippen LogP) is 5.29. The summed E-state index contributed by atoms with van der Waals surface area (Å²) in [7, 11) is 3.06. The molecule has 5 heteroatoms. The van der Waals surface area contributed by atoms with E-state index in [0.29, 0.717) is 23.7 Å². The minimum Gasteiger partial charge on any atom is -0.494 e. The largest absolute Gasteiger partial charge is 0.494 e. The van der Waals surface area contributed by atoms with Crippen LogP contribution < -0.4 is 14.2 Å². The molecular formula is C23H28O5. The third-order valence-electron chi connectivity index (χ3n) is 4.36. The van der Waals surface area contributed by atoms with E-state index in [-0.39, 0.29) is 5.57 Å². The summed E-state index contributed by atoms with van der Waals surface area (Å²) in [6, 6.07) is 12.5. The van der Waals surface area contributed by atoms with E-state index in [1.165, 1.54) is 20.0 Å². The minimum absolute atomic E-state index is 0.168. The number of methoxy groups -OCH3 is 2. The lowest BCUT2D eigenvalue weighted by atomic mass is 10.0. The Kier molecular flexibility index (Phi) is 8.40. The Labute approximate surface area is 166 Å². The highest BCUT2D eigenvalue weighted by molar-refractivity contribution is 6.20. The summed E-state index contributed by atoms with van der Waals surface area (Å²) in [5.41, 5.74) is 1.47. The van der Waals surface area contributed by atoms with Crippen LogP contribution in [0.15, 0.2) is 42.5 Å². The topological polar surface area (TPSA) is 65.0 Å². The highest BCUT2D eigenvalue weighted by Gasteiger charge is 2.14. The highest BCUT2D eigenvalue weighted by atomic mass is 16.5. The van der Waals surface area contributed by atoms with E-state index >= 15 is 0 Å². The summed E-state index contributed by atoms with van der Waals surface area (Å²) in [5, 5.41) is 9.70. The fraction of sp³-hybridized carbons (Fsp3) is 0.348. The van der Waals surface area contributed by atoms with Crippen molar-refractivity contribution in [3.8, 4) is 17.2 Å². The van der Waals surface area contributed by atoms with Crippen molar-refractivity contribution in [2.75, 3.05) is 20.8 Å². The molecule has 0 aliphatic heterocycles. The van der Waals surface area contributed by atoms with Gasteiger partial charge in [-0.25, -0.2) is 4.79 Å². The van der Waals surface area contributed by atoms with Gasteiger partial charge in [0, 0.05) is 0 Å². The van der Waals surface area contributed by atoms with E-state index in [0.717, 1.165) is 24.2 Å². The number of benzene rings is 2. The molecule has 0 spiro atoms. The first-order valence-electron chi connectivity index (χ1n) is 9.49. The van der Waals surface area contributed by atoms with E-state index in [1.807, 2.05) is 24.3 Å². The molecule has 0 aliphatic rings. The van der Waals surface area contributed by atoms with Gasteiger partial charge in [0.05, 0.1) is 26.4 Å². The van der Waals surface area contributed by atoms with Crippen molar-refractivity contribution in [3.05, 3.63) is 53.6 Å². The van der Waals surface area contributed by atoms with Crippen LogP contribution in [0.2, 0.25) is 0 Å². The zero-order valence-corrected chi connectivity index (χ0v) is 16.7. The SMILES string of the molecule is CCCCCCOc1cccc(/C=C(/C(=O)O)c2ccc(OC)c(OC)c2)c1. The zero-order valence-electron chi connectivity index (χ0n) is 16.7. The van der Waals surface area contributed by atoms with Crippen molar-refractivity contribution in [2.45, 2.75) is 32.6 Å². The zero-order chi connectivity index (χ0) is 20.4. The molecule has 0 amide bonds. The molecule has 2 aromatic rings. The minimum atomic E-state index is -1.02. The van der Waals surface area contributed by atoms with E-state index in [2.05, 4.69) is 6.92 Å². The van der Waals surface area contributed by atoms with E-state index in [4.69, 9.17) is 14.2 Å². The number of unbranched alkanes of at least 4 members (excludes halogenated alkanes) is 3. The van der Waals surface area contributed by atoms with Gasteiger partial charge in [0.1, 0.15) is 5.75 Å². The third-order valence-corrected chi connectivity index (χ3v) is 4.36. The lowest BCUT2D eigenvalue weighted by molar-refractivity contribution is -0.130. The summed E-state index contributed by atoms with van der Waals surface area (Å²) < 4.78 is 16.3. The van der Waals surface area contributed by atoms with Gasteiger partial charge in [0.25, 0.3) is 0 Å². The summed E-state index contributed by atoms with van der Waals surface area (Å²) in [6.07, 6.45) is 6.19. The molecule has 0 atom stereocenters. The number of hydrogen-bond acceptors (Lipinski definition) is 4. The van der Waals surface area contributed by atoms with Crippen molar-refractivity contribution in [2.24, 2.45) is 0 Å². The maximum atomic E-state index is 11.8. The molecule has 0 saturated heterocycles. The molecule has 1 N–H and O–H groups in total. The average molecular weight is 384 g/mol. The van der Waals surface area contributed by atoms with Crippen LogP contribution in [0.25, 0.3) is 11.6 Å². The molecule has 0 fully saturated rings. The second-order valence-electron chi connectivity index (χ2n) is 6.41. The monoisotopic (exact) mass is 384 g/mol. The molecule has 0 saturated carbocycles. The number of carboxylic acid groups (broad SMARTS) is 1. The Bertz CT molecular complexity index is 810. The standard InChI is InChI=1S/C23H28O5/c1-4-5-6-7-13-28-19-10-8-9-17(14-19)15-20(23(24)25)18-11-12-21(26-2)22(16-18)27-3/h8-12,14-16H,4-7,13H2,1-3H3,(H,24,25)/b20-15+. The van der Waals surface area contributed by atoms with Crippen LogP contribution >= 0.6 is 0 Å². The maximum absolute atomic E-state index is 11.8. The van der Waals surface area contributed by atoms with Gasteiger partial charge in [-0.1, -0.05) is 44.4 Å².